The van der Waals surface area contributed by atoms with E-state index < -0.39 is 11.9 Å². The highest BCUT2D eigenvalue weighted by atomic mass is 16.5. The van der Waals surface area contributed by atoms with Crippen molar-refractivity contribution in [2.75, 3.05) is 26.4 Å². The molecule has 10 nitrogen and oxygen atoms in total. The lowest BCUT2D eigenvalue weighted by molar-refractivity contribution is 0.0478. The van der Waals surface area contributed by atoms with Crippen LogP contribution in [0.15, 0.2) is 94.9 Å². The van der Waals surface area contributed by atoms with Gasteiger partial charge in [-0.05, 0) is 105 Å². The second kappa shape index (κ2) is 32.1. The number of benzene rings is 4. The molecule has 0 amide bonds. The van der Waals surface area contributed by atoms with E-state index in [1.165, 1.54) is 89.9 Å². The predicted molar refractivity (Wildman–Crippen MR) is 263 cm³/mol. The van der Waals surface area contributed by atoms with Gasteiger partial charge in [0.15, 0.2) is 0 Å². The maximum atomic E-state index is 12.6. The number of carbonyl (C=O) groups is 2. The molecule has 0 saturated heterocycles. The maximum Gasteiger partial charge on any atom is 0.338 e. The fourth-order valence-electron chi connectivity index (χ4n) is 7.18. The van der Waals surface area contributed by atoms with Crippen LogP contribution in [0.5, 0.6) is 23.0 Å². The Morgan fingerprint density at radius 3 is 1.11 bits per heavy atom. The number of carbonyl (C=O) groups excluding carboxylic acids is 2. The van der Waals surface area contributed by atoms with Crippen molar-refractivity contribution in [3.63, 3.8) is 0 Å². The molecule has 10 heteroatoms. The summed E-state index contributed by atoms with van der Waals surface area (Å²) in [4.78, 5) is 34.1. The molecule has 0 spiro atoms. The van der Waals surface area contributed by atoms with E-state index in [0.717, 1.165) is 32.1 Å². The van der Waals surface area contributed by atoms with Crippen LogP contribution in [0.3, 0.4) is 0 Å². The minimum absolute atomic E-state index is 0.0929. The third-order valence-electron chi connectivity index (χ3n) is 11.2. The molecule has 0 bridgehead atoms. The Morgan fingerprint density at radius 2 is 0.754 bits per heavy atom. The van der Waals surface area contributed by atoms with Gasteiger partial charge in [0.1, 0.15) is 23.0 Å². The maximum absolute atomic E-state index is 12.6. The van der Waals surface area contributed by atoms with E-state index in [-0.39, 0.29) is 24.7 Å². The molecule has 2 N–H and O–H groups in total. The largest absolute Gasteiger partial charge is 0.507 e. The van der Waals surface area contributed by atoms with Crippen LogP contribution < -0.4 is 9.47 Å². The summed E-state index contributed by atoms with van der Waals surface area (Å²) in [5.74, 6) is 0.616. The van der Waals surface area contributed by atoms with Gasteiger partial charge < -0.3 is 29.2 Å². The van der Waals surface area contributed by atoms with Crippen LogP contribution in [-0.4, -0.2) is 61.0 Å². The number of aromatic hydroxyl groups is 2. The number of esters is 2. The predicted octanol–water partition coefficient (Wildman–Crippen LogP) is 14.6. The SMILES string of the molecule is CCCCCCCCCCCOc1ccc(C=Nc2ccc(C(=O)OCCCCCOC(=O)c3ccc(N=Cc4ccc(OCCCCCCCCCCC)cc4O)cc3)cc2)c(O)c1. The van der Waals surface area contributed by atoms with Crippen molar-refractivity contribution < 1.29 is 38.7 Å². The number of ether oxygens (including phenoxy) is 4. The Balaban J connectivity index is 1.04. The number of nitrogens with zero attached hydrogens (tertiary/aromatic N) is 2. The van der Waals surface area contributed by atoms with E-state index in [1.807, 2.05) is 12.1 Å². The van der Waals surface area contributed by atoms with Gasteiger partial charge in [0.2, 0.25) is 0 Å². The summed E-state index contributed by atoms with van der Waals surface area (Å²) < 4.78 is 22.6. The first-order valence-electron chi connectivity index (χ1n) is 24.4. The van der Waals surface area contributed by atoms with Crippen LogP contribution in [0.25, 0.3) is 0 Å². The van der Waals surface area contributed by atoms with Crippen LogP contribution in [0.1, 0.15) is 181 Å². The quantitative estimate of drug-likeness (QED) is 0.0269. The van der Waals surface area contributed by atoms with E-state index >= 15 is 0 Å². The van der Waals surface area contributed by atoms with Crippen molar-refractivity contribution >= 4 is 35.7 Å². The number of hydrogen-bond acceptors (Lipinski definition) is 10. The second-order valence-corrected chi connectivity index (χ2v) is 16.7. The van der Waals surface area contributed by atoms with Gasteiger partial charge in [-0.2, -0.15) is 0 Å². The Hall–Kier alpha value is -5.64. The summed E-state index contributed by atoms with van der Waals surface area (Å²) in [5.41, 5.74) is 3.24. The van der Waals surface area contributed by atoms with E-state index in [0.29, 0.717) is 71.2 Å². The molecule has 0 unspecified atom stereocenters. The summed E-state index contributed by atoms with van der Waals surface area (Å²) in [6.45, 7) is 6.25. The Kier molecular flexibility index (Phi) is 25.7. The third-order valence-corrected chi connectivity index (χ3v) is 11.2. The molecule has 4 rings (SSSR count). The monoisotopic (exact) mass is 891 g/mol. The zero-order valence-corrected chi connectivity index (χ0v) is 39.2. The Labute approximate surface area is 388 Å². The number of hydrogen-bond donors (Lipinski definition) is 2. The molecule has 4 aromatic rings. The highest BCUT2D eigenvalue weighted by molar-refractivity contribution is 5.91. The molecule has 0 radical (unpaired) electrons. The molecule has 0 aliphatic carbocycles. The molecule has 352 valence electrons. The molecule has 65 heavy (non-hydrogen) atoms. The first-order valence-corrected chi connectivity index (χ1v) is 24.4. The van der Waals surface area contributed by atoms with Crippen LogP contribution in [0.4, 0.5) is 11.4 Å². The second-order valence-electron chi connectivity index (χ2n) is 16.7. The summed E-state index contributed by atoms with van der Waals surface area (Å²) in [5, 5.41) is 21.0. The van der Waals surface area contributed by atoms with Gasteiger partial charge in [-0.25, -0.2) is 9.59 Å². The number of unbranched alkanes of at least 4 members (excludes halogenated alkanes) is 18. The van der Waals surface area contributed by atoms with Crippen LogP contribution in [0, 0.1) is 0 Å². The third kappa shape index (κ3) is 21.7. The first kappa shape index (κ1) is 52.0. The molecule has 0 fully saturated rings. The van der Waals surface area contributed by atoms with Crippen molar-refractivity contribution in [3.05, 3.63) is 107 Å². The standard InChI is InChI=1S/C55H74N2O8/c1-3-5-7-9-11-13-15-17-20-36-62-50-34-28-46(52(58)40-50)42-56-48-30-24-44(25-31-48)54(60)64-38-22-19-23-39-65-55(61)45-26-32-49(33-27-45)57-43-47-29-35-51(41-53(47)59)63-37-21-18-16-14-12-10-8-6-4-2/h24-35,40-43,58-59H,3-23,36-39H2,1-2H3. The first-order chi connectivity index (χ1) is 31.9. The van der Waals surface area contributed by atoms with Crippen molar-refractivity contribution in [2.45, 2.75) is 149 Å². The molecule has 0 heterocycles. The summed E-state index contributed by atoms with van der Waals surface area (Å²) in [6.07, 6.45) is 27.8. The normalized spacial score (nSPS) is 11.4. The molecule has 0 aromatic heterocycles. The lowest BCUT2D eigenvalue weighted by Crippen LogP contribution is -2.08. The zero-order valence-electron chi connectivity index (χ0n) is 39.2. The van der Waals surface area contributed by atoms with Crippen molar-refractivity contribution in [3.8, 4) is 23.0 Å². The van der Waals surface area contributed by atoms with Crippen LogP contribution in [0.2, 0.25) is 0 Å². The van der Waals surface area contributed by atoms with Gasteiger partial charge in [0, 0.05) is 35.7 Å². The lowest BCUT2D eigenvalue weighted by atomic mass is 10.1. The van der Waals surface area contributed by atoms with Crippen molar-refractivity contribution in [1.82, 2.24) is 0 Å². The number of aliphatic imine (C=N–C) groups is 2. The molecule has 0 aliphatic heterocycles. The Morgan fingerprint density at radius 1 is 0.431 bits per heavy atom. The topological polar surface area (TPSA) is 136 Å². The summed E-state index contributed by atoms with van der Waals surface area (Å²) in [7, 11) is 0. The van der Waals surface area contributed by atoms with Crippen molar-refractivity contribution in [2.24, 2.45) is 9.98 Å². The zero-order chi connectivity index (χ0) is 46.2. The average molecular weight is 891 g/mol. The van der Waals surface area contributed by atoms with E-state index in [4.69, 9.17) is 18.9 Å². The van der Waals surface area contributed by atoms with Crippen LogP contribution in [-0.2, 0) is 9.47 Å². The summed E-state index contributed by atoms with van der Waals surface area (Å²) >= 11 is 0. The highest BCUT2D eigenvalue weighted by Gasteiger charge is 2.10. The molecular formula is C55H74N2O8. The van der Waals surface area contributed by atoms with Gasteiger partial charge in [0.05, 0.1) is 48.9 Å². The van der Waals surface area contributed by atoms with Crippen LogP contribution >= 0.6 is 0 Å². The minimum Gasteiger partial charge on any atom is -0.507 e. The van der Waals surface area contributed by atoms with E-state index in [1.54, 1.807) is 85.2 Å². The van der Waals surface area contributed by atoms with Gasteiger partial charge >= 0.3 is 11.9 Å². The van der Waals surface area contributed by atoms with Crippen molar-refractivity contribution in [1.29, 1.82) is 0 Å². The molecule has 0 saturated carbocycles. The number of phenols is 2. The van der Waals surface area contributed by atoms with E-state index in [9.17, 15) is 19.8 Å². The smallest absolute Gasteiger partial charge is 0.338 e. The van der Waals surface area contributed by atoms with Gasteiger partial charge in [0.25, 0.3) is 0 Å². The van der Waals surface area contributed by atoms with Gasteiger partial charge in [-0.3, -0.25) is 9.98 Å². The molecular weight excluding hydrogens is 817 g/mol. The van der Waals surface area contributed by atoms with Gasteiger partial charge in [-0.1, -0.05) is 117 Å². The number of rotatable bonds is 34. The Bertz CT molecular complexity index is 1850. The highest BCUT2D eigenvalue weighted by Crippen LogP contribution is 2.26. The molecule has 0 aliphatic rings. The summed E-state index contributed by atoms with van der Waals surface area (Å²) in [6, 6.07) is 24.0. The lowest BCUT2D eigenvalue weighted by Gasteiger charge is -2.08. The number of phenolic OH excluding ortho intramolecular Hbond substituents is 2. The molecule has 0 atom stereocenters. The fraction of sp³-hybridized carbons (Fsp3) is 0.491. The average Bonchev–Trinajstić information content (AvgIpc) is 3.32. The minimum atomic E-state index is -0.422. The van der Waals surface area contributed by atoms with Gasteiger partial charge in [-0.15, -0.1) is 0 Å². The fourth-order valence-corrected chi connectivity index (χ4v) is 7.18. The van der Waals surface area contributed by atoms with E-state index in [2.05, 4.69) is 23.8 Å². The molecule has 4 aromatic carbocycles.